The van der Waals surface area contributed by atoms with Crippen LogP contribution < -0.4 is 5.73 Å². The van der Waals surface area contributed by atoms with E-state index in [0.717, 1.165) is 24.3 Å². The standard InChI is InChI=1S/C14H13F2NO2S/c15-10-5-7-11(8-6-10)20(18,19)14(9-17)12-3-1-2-4-13(12)16/h1-8,14H,9,17H2. The summed E-state index contributed by atoms with van der Waals surface area (Å²) in [5.41, 5.74) is 5.52. The molecule has 2 N–H and O–H groups in total. The number of hydrogen-bond acceptors (Lipinski definition) is 3. The predicted molar refractivity (Wildman–Crippen MR) is 71.8 cm³/mol. The van der Waals surface area contributed by atoms with Crippen LogP contribution >= 0.6 is 0 Å². The minimum Gasteiger partial charge on any atom is -0.329 e. The molecule has 1 unspecified atom stereocenters. The molecule has 3 nitrogen and oxygen atoms in total. The van der Waals surface area contributed by atoms with Crippen LogP contribution in [0.1, 0.15) is 10.8 Å². The Kier molecular flexibility index (Phi) is 4.15. The van der Waals surface area contributed by atoms with Gasteiger partial charge in [0.1, 0.15) is 16.9 Å². The van der Waals surface area contributed by atoms with Gasteiger partial charge in [-0.2, -0.15) is 0 Å². The molecule has 0 amide bonds. The number of sulfone groups is 1. The van der Waals surface area contributed by atoms with E-state index in [2.05, 4.69) is 0 Å². The molecule has 0 radical (unpaired) electrons. The summed E-state index contributed by atoms with van der Waals surface area (Å²) in [5.74, 6) is -1.17. The van der Waals surface area contributed by atoms with E-state index >= 15 is 0 Å². The first-order chi connectivity index (χ1) is 9.46. The van der Waals surface area contributed by atoms with Gasteiger partial charge < -0.3 is 5.73 Å². The van der Waals surface area contributed by atoms with Crippen LogP contribution in [-0.4, -0.2) is 15.0 Å². The Morgan fingerprint density at radius 2 is 1.60 bits per heavy atom. The summed E-state index contributed by atoms with van der Waals surface area (Å²) in [4.78, 5) is -0.0856. The van der Waals surface area contributed by atoms with E-state index in [9.17, 15) is 17.2 Å². The van der Waals surface area contributed by atoms with Gasteiger partial charge in [-0.1, -0.05) is 18.2 Å². The first-order valence-corrected chi connectivity index (χ1v) is 7.45. The molecule has 0 saturated carbocycles. The zero-order valence-corrected chi connectivity index (χ0v) is 11.3. The zero-order valence-electron chi connectivity index (χ0n) is 10.5. The molecule has 1 atom stereocenters. The third kappa shape index (κ3) is 2.71. The maximum absolute atomic E-state index is 13.8. The lowest BCUT2D eigenvalue weighted by Gasteiger charge is -2.17. The highest BCUT2D eigenvalue weighted by molar-refractivity contribution is 7.91. The molecule has 0 aliphatic rings. The van der Waals surface area contributed by atoms with Gasteiger partial charge in [0.25, 0.3) is 0 Å². The zero-order chi connectivity index (χ0) is 14.8. The van der Waals surface area contributed by atoms with Crippen LogP contribution in [0, 0.1) is 11.6 Å². The number of nitrogens with two attached hydrogens (primary N) is 1. The van der Waals surface area contributed by atoms with Crippen LogP contribution in [0.25, 0.3) is 0 Å². The van der Waals surface area contributed by atoms with Crippen molar-refractivity contribution in [3.63, 3.8) is 0 Å². The van der Waals surface area contributed by atoms with Gasteiger partial charge in [0, 0.05) is 12.1 Å². The molecule has 106 valence electrons. The molecule has 0 bridgehead atoms. The summed E-state index contributed by atoms with van der Waals surface area (Å²) in [6, 6.07) is 9.95. The normalized spacial score (nSPS) is 13.2. The van der Waals surface area contributed by atoms with E-state index in [4.69, 9.17) is 5.73 Å². The van der Waals surface area contributed by atoms with E-state index in [0.29, 0.717) is 0 Å². The van der Waals surface area contributed by atoms with Gasteiger partial charge in [-0.3, -0.25) is 0 Å². The Morgan fingerprint density at radius 3 is 2.15 bits per heavy atom. The molecule has 0 aromatic heterocycles. The Morgan fingerprint density at radius 1 is 1.00 bits per heavy atom. The van der Waals surface area contributed by atoms with Crippen molar-refractivity contribution in [3.05, 3.63) is 65.7 Å². The molecule has 6 heteroatoms. The topological polar surface area (TPSA) is 60.2 Å². The molecule has 0 heterocycles. The van der Waals surface area contributed by atoms with Crippen molar-refractivity contribution in [3.8, 4) is 0 Å². The summed E-state index contributed by atoms with van der Waals surface area (Å²) < 4.78 is 51.5. The van der Waals surface area contributed by atoms with Gasteiger partial charge in [-0.15, -0.1) is 0 Å². The second kappa shape index (κ2) is 5.68. The summed E-state index contributed by atoms with van der Waals surface area (Å²) in [5, 5.41) is -1.20. The highest BCUT2D eigenvalue weighted by Gasteiger charge is 2.29. The number of rotatable bonds is 4. The van der Waals surface area contributed by atoms with Crippen LogP contribution in [0.5, 0.6) is 0 Å². The molecular weight excluding hydrogens is 284 g/mol. The summed E-state index contributed by atoms with van der Waals surface area (Å²) >= 11 is 0. The molecule has 0 saturated heterocycles. The van der Waals surface area contributed by atoms with Crippen molar-refractivity contribution >= 4 is 9.84 Å². The third-order valence-electron chi connectivity index (χ3n) is 2.98. The first kappa shape index (κ1) is 14.6. The fraction of sp³-hybridized carbons (Fsp3) is 0.143. The predicted octanol–water partition coefficient (Wildman–Crippen LogP) is 2.44. The molecule has 0 spiro atoms. The number of hydrogen-bond donors (Lipinski definition) is 1. The maximum Gasteiger partial charge on any atom is 0.186 e. The maximum atomic E-state index is 13.8. The number of halogens is 2. The second-order valence-corrected chi connectivity index (χ2v) is 6.38. The van der Waals surface area contributed by atoms with Crippen LogP contribution in [0.15, 0.2) is 53.4 Å². The third-order valence-corrected chi connectivity index (χ3v) is 5.11. The molecule has 2 rings (SSSR count). The quantitative estimate of drug-likeness (QED) is 0.882. The molecule has 0 fully saturated rings. The lowest BCUT2D eigenvalue weighted by molar-refractivity contribution is 0.568. The van der Waals surface area contributed by atoms with Gasteiger partial charge in [0.15, 0.2) is 9.84 Å². The Bertz CT molecular complexity index is 699. The van der Waals surface area contributed by atoms with Gasteiger partial charge >= 0.3 is 0 Å². The molecule has 2 aromatic rings. The average molecular weight is 297 g/mol. The van der Waals surface area contributed by atoms with E-state index in [1.165, 1.54) is 18.2 Å². The fourth-order valence-electron chi connectivity index (χ4n) is 1.95. The summed E-state index contributed by atoms with van der Waals surface area (Å²) in [6.45, 7) is -0.263. The van der Waals surface area contributed by atoms with Gasteiger partial charge in [-0.25, -0.2) is 17.2 Å². The lowest BCUT2D eigenvalue weighted by Crippen LogP contribution is -2.23. The van der Waals surface area contributed by atoms with Gasteiger partial charge in [-0.05, 0) is 30.3 Å². The summed E-state index contributed by atoms with van der Waals surface area (Å²) in [6.07, 6.45) is 0. The van der Waals surface area contributed by atoms with E-state index in [1.807, 2.05) is 0 Å². The van der Waals surface area contributed by atoms with Crippen molar-refractivity contribution in [1.82, 2.24) is 0 Å². The highest BCUT2D eigenvalue weighted by atomic mass is 32.2. The smallest absolute Gasteiger partial charge is 0.186 e. The Labute approximate surface area is 116 Å². The van der Waals surface area contributed by atoms with Gasteiger partial charge in [0.2, 0.25) is 0 Å². The monoisotopic (exact) mass is 297 g/mol. The Hall–Kier alpha value is -1.79. The largest absolute Gasteiger partial charge is 0.329 e. The van der Waals surface area contributed by atoms with Crippen molar-refractivity contribution in [2.75, 3.05) is 6.54 Å². The minimum absolute atomic E-state index is 0.0133. The molecule has 0 aliphatic heterocycles. The van der Waals surface area contributed by atoms with Gasteiger partial charge in [0.05, 0.1) is 4.90 Å². The average Bonchev–Trinajstić information content (AvgIpc) is 2.42. The SMILES string of the molecule is NCC(c1ccccc1F)S(=O)(=O)c1ccc(F)cc1. The first-order valence-electron chi connectivity index (χ1n) is 5.91. The molecule has 0 aliphatic carbocycles. The highest BCUT2D eigenvalue weighted by Crippen LogP contribution is 2.29. The number of benzene rings is 2. The molecule has 20 heavy (non-hydrogen) atoms. The van der Waals surface area contributed by atoms with Crippen LogP contribution in [-0.2, 0) is 9.84 Å². The van der Waals surface area contributed by atoms with E-state index in [-0.39, 0.29) is 17.0 Å². The van der Waals surface area contributed by atoms with Crippen LogP contribution in [0.4, 0.5) is 8.78 Å². The van der Waals surface area contributed by atoms with Crippen LogP contribution in [0.2, 0.25) is 0 Å². The lowest BCUT2D eigenvalue weighted by atomic mass is 10.1. The minimum atomic E-state index is -3.88. The molecular formula is C14H13F2NO2S. The van der Waals surface area contributed by atoms with Crippen LogP contribution in [0.3, 0.4) is 0 Å². The van der Waals surface area contributed by atoms with Crippen molar-refractivity contribution in [2.24, 2.45) is 5.73 Å². The van der Waals surface area contributed by atoms with Crippen molar-refractivity contribution in [2.45, 2.75) is 10.1 Å². The molecule has 2 aromatic carbocycles. The van der Waals surface area contributed by atoms with Crippen molar-refractivity contribution < 1.29 is 17.2 Å². The fourth-order valence-corrected chi connectivity index (χ4v) is 3.57. The van der Waals surface area contributed by atoms with Crippen molar-refractivity contribution in [1.29, 1.82) is 0 Å². The van der Waals surface area contributed by atoms with E-state index < -0.39 is 26.7 Å². The van der Waals surface area contributed by atoms with E-state index in [1.54, 1.807) is 6.07 Å². The Balaban J connectivity index is 2.51. The summed E-state index contributed by atoms with van der Waals surface area (Å²) in [7, 11) is -3.88. The second-order valence-electron chi connectivity index (χ2n) is 4.24.